The summed E-state index contributed by atoms with van der Waals surface area (Å²) in [4.78, 5) is 26.2. The number of ether oxygens (including phenoxy) is 1. The lowest BCUT2D eigenvalue weighted by Gasteiger charge is -2.11. The van der Waals surface area contributed by atoms with E-state index in [1.807, 2.05) is 30.3 Å². The summed E-state index contributed by atoms with van der Waals surface area (Å²) in [7, 11) is 0. The Labute approximate surface area is 206 Å². The fourth-order valence-corrected chi connectivity index (χ4v) is 4.13. The van der Waals surface area contributed by atoms with Crippen molar-refractivity contribution in [2.45, 2.75) is 13.2 Å². The molecule has 0 aromatic heterocycles. The molecule has 5 nitrogen and oxygen atoms in total. The van der Waals surface area contributed by atoms with Gasteiger partial charge < -0.3 is 10.1 Å². The van der Waals surface area contributed by atoms with Crippen LogP contribution in [-0.4, -0.2) is 16.8 Å². The van der Waals surface area contributed by atoms with Gasteiger partial charge >= 0.3 is 6.03 Å². The molecule has 0 unspecified atom stereocenters. The Kier molecular flexibility index (Phi) is 6.90. The molecule has 0 saturated carbocycles. The Morgan fingerprint density at radius 1 is 1.03 bits per heavy atom. The summed E-state index contributed by atoms with van der Waals surface area (Å²) in [6.45, 7) is 0.438. The zero-order valence-electron chi connectivity index (χ0n) is 16.6. The van der Waals surface area contributed by atoms with Crippen molar-refractivity contribution >= 4 is 56.5 Å². The second-order valence-electron chi connectivity index (χ2n) is 7.11. The maximum atomic E-state index is 13.3. The number of rotatable bonds is 6. The zero-order valence-corrected chi connectivity index (χ0v) is 20.4. The van der Waals surface area contributed by atoms with Gasteiger partial charge in [-0.2, -0.15) is 0 Å². The van der Waals surface area contributed by atoms with Crippen LogP contribution >= 0.6 is 38.5 Å². The van der Waals surface area contributed by atoms with Crippen LogP contribution in [0.5, 0.6) is 5.75 Å². The molecule has 0 aliphatic carbocycles. The van der Waals surface area contributed by atoms with Gasteiger partial charge in [0.15, 0.2) is 0 Å². The van der Waals surface area contributed by atoms with Crippen LogP contribution in [0.2, 0.25) is 0 Å². The molecule has 1 heterocycles. The van der Waals surface area contributed by atoms with E-state index in [2.05, 4.69) is 43.8 Å². The van der Waals surface area contributed by atoms with Gasteiger partial charge in [-0.15, -0.1) is 0 Å². The molecule has 1 N–H and O–H groups in total. The first-order valence-electron chi connectivity index (χ1n) is 9.65. The van der Waals surface area contributed by atoms with Gasteiger partial charge in [0.25, 0.3) is 5.91 Å². The second kappa shape index (κ2) is 9.83. The number of nitrogens with one attached hydrogen (secondary N) is 1. The van der Waals surface area contributed by atoms with Crippen LogP contribution in [0.15, 0.2) is 76.9 Å². The standard InChI is InChI=1S/C24H17BrFIN2O3/c25-18-7-4-15(5-8-18)13-29-23(30)21(28-24(29)31)12-16-6-9-22(20(27)11-16)32-14-17-2-1-3-19(26)10-17/h1-12H,13-14H2,(H,28,31)/b21-12+. The summed E-state index contributed by atoms with van der Waals surface area (Å²) in [5.74, 6) is -0.0322. The summed E-state index contributed by atoms with van der Waals surface area (Å²) in [6, 6.07) is 18.7. The van der Waals surface area contributed by atoms with Gasteiger partial charge in [0, 0.05) is 4.47 Å². The van der Waals surface area contributed by atoms with E-state index < -0.39 is 6.03 Å². The molecule has 1 aliphatic rings. The molecule has 3 amide bonds. The smallest absolute Gasteiger partial charge is 0.329 e. The number of halogens is 3. The fraction of sp³-hybridized carbons (Fsp3) is 0.0833. The topological polar surface area (TPSA) is 58.6 Å². The molecule has 8 heteroatoms. The monoisotopic (exact) mass is 606 g/mol. The van der Waals surface area contributed by atoms with Crippen LogP contribution in [0, 0.1) is 9.39 Å². The van der Waals surface area contributed by atoms with Crippen molar-refractivity contribution in [3.8, 4) is 5.75 Å². The Morgan fingerprint density at radius 2 is 1.81 bits per heavy atom. The van der Waals surface area contributed by atoms with E-state index in [1.54, 1.807) is 30.3 Å². The molecule has 162 valence electrons. The number of urea groups is 1. The first-order chi connectivity index (χ1) is 15.4. The number of hydrogen-bond donors (Lipinski definition) is 1. The van der Waals surface area contributed by atoms with E-state index >= 15 is 0 Å². The highest BCUT2D eigenvalue weighted by Gasteiger charge is 2.33. The molecule has 0 bridgehead atoms. The Morgan fingerprint density at radius 3 is 2.53 bits per heavy atom. The summed E-state index contributed by atoms with van der Waals surface area (Å²) in [6.07, 6.45) is 1.64. The summed E-state index contributed by atoms with van der Waals surface area (Å²) in [5.41, 5.74) is 2.56. The van der Waals surface area contributed by atoms with E-state index in [4.69, 9.17) is 4.74 Å². The minimum absolute atomic E-state index is 0.194. The molecule has 0 radical (unpaired) electrons. The van der Waals surface area contributed by atoms with Crippen LogP contribution in [0.3, 0.4) is 0 Å². The van der Waals surface area contributed by atoms with Crippen molar-refractivity contribution in [1.82, 2.24) is 10.2 Å². The minimum atomic E-state index is -0.450. The molecule has 3 aromatic carbocycles. The first-order valence-corrected chi connectivity index (χ1v) is 11.5. The largest absolute Gasteiger partial charge is 0.488 e. The SMILES string of the molecule is O=C1N/C(=C/c2ccc(OCc3cccc(F)c3)c(I)c2)C(=O)N1Cc1ccc(Br)cc1. The maximum absolute atomic E-state index is 13.3. The van der Waals surface area contributed by atoms with E-state index in [0.717, 1.165) is 24.7 Å². The molecule has 3 aromatic rings. The minimum Gasteiger partial charge on any atom is -0.488 e. The molecule has 1 fully saturated rings. The number of carbonyl (C=O) groups is 2. The first kappa shape index (κ1) is 22.5. The van der Waals surface area contributed by atoms with Gasteiger partial charge in [-0.3, -0.25) is 9.69 Å². The Bertz CT molecular complexity index is 1210. The molecule has 1 aliphatic heterocycles. The number of carbonyl (C=O) groups excluding carboxylic acids is 2. The highest BCUT2D eigenvalue weighted by atomic mass is 127. The van der Waals surface area contributed by atoms with Crippen molar-refractivity contribution in [2.75, 3.05) is 0 Å². The van der Waals surface area contributed by atoms with Crippen LogP contribution in [0.4, 0.5) is 9.18 Å². The van der Waals surface area contributed by atoms with E-state index in [-0.39, 0.29) is 30.6 Å². The molecule has 4 rings (SSSR count). The number of imide groups is 1. The third kappa shape index (κ3) is 5.36. The van der Waals surface area contributed by atoms with E-state index in [1.165, 1.54) is 17.0 Å². The van der Waals surface area contributed by atoms with Crippen molar-refractivity contribution in [1.29, 1.82) is 0 Å². The molecular formula is C24H17BrFIN2O3. The summed E-state index contributed by atoms with van der Waals surface area (Å²) in [5, 5.41) is 2.64. The lowest BCUT2D eigenvalue weighted by Crippen LogP contribution is -2.30. The number of hydrogen-bond acceptors (Lipinski definition) is 3. The molecule has 0 atom stereocenters. The predicted octanol–water partition coefficient (Wildman–Crippen LogP) is 5.86. The Balaban J connectivity index is 1.45. The molecule has 32 heavy (non-hydrogen) atoms. The van der Waals surface area contributed by atoms with Gasteiger partial charge in [0.2, 0.25) is 0 Å². The number of nitrogens with zero attached hydrogens (tertiary/aromatic N) is 1. The van der Waals surface area contributed by atoms with Gasteiger partial charge in [-0.1, -0.05) is 46.3 Å². The van der Waals surface area contributed by atoms with Gasteiger partial charge in [0.05, 0.1) is 10.1 Å². The highest BCUT2D eigenvalue weighted by Crippen LogP contribution is 2.25. The summed E-state index contributed by atoms with van der Waals surface area (Å²) >= 11 is 5.51. The third-order valence-electron chi connectivity index (χ3n) is 4.77. The van der Waals surface area contributed by atoms with Gasteiger partial charge in [-0.25, -0.2) is 9.18 Å². The second-order valence-corrected chi connectivity index (χ2v) is 9.19. The van der Waals surface area contributed by atoms with Crippen molar-refractivity contribution in [3.63, 3.8) is 0 Å². The quantitative estimate of drug-likeness (QED) is 0.217. The molecule has 0 spiro atoms. The van der Waals surface area contributed by atoms with Crippen LogP contribution in [0.25, 0.3) is 6.08 Å². The summed E-state index contributed by atoms with van der Waals surface area (Å²) < 4.78 is 20.9. The van der Waals surface area contributed by atoms with Crippen molar-refractivity contribution in [2.24, 2.45) is 0 Å². The molecular weight excluding hydrogens is 590 g/mol. The van der Waals surface area contributed by atoms with Crippen molar-refractivity contribution in [3.05, 3.63) is 103 Å². The predicted molar refractivity (Wildman–Crippen MR) is 131 cm³/mol. The van der Waals surface area contributed by atoms with Crippen LogP contribution in [0.1, 0.15) is 16.7 Å². The average molecular weight is 607 g/mol. The lowest BCUT2D eigenvalue weighted by atomic mass is 10.1. The van der Waals surface area contributed by atoms with Crippen molar-refractivity contribution < 1.29 is 18.7 Å². The average Bonchev–Trinajstić information content (AvgIpc) is 3.02. The van der Waals surface area contributed by atoms with Gasteiger partial charge in [0.1, 0.15) is 23.9 Å². The fourth-order valence-electron chi connectivity index (χ4n) is 3.17. The maximum Gasteiger partial charge on any atom is 0.329 e. The van der Waals surface area contributed by atoms with E-state index in [0.29, 0.717) is 5.75 Å². The Hall–Kier alpha value is -2.72. The van der Waals surface area contributed by atoms with E-state index in [9.17, 15) is 14.0 Å². The molecule has 1 saturated heterocycles. The third-order valence-corrected chi connectivity index (χ3v) is 6.14. The van der Waals surface area contributed by atoms with Crippen LogP contribution < -0.4 is 10.1 Å². The number of benzene rings is 3. The van der Waals surface area contributed by atoms with Crippen LogP contribution in [-0.2, 0) is 17.9 Å². The normalized spacial score (nSPS) is 14.7. The highest BCUT2D eigenvalue weighted by molar-refractivity contribution is 14.1. The number of amides is 3. The van der Waals surface area contributed by atoms with Gasteiger partial charge in [-0.05, 0) is 81.8 Å². The lowest BCUT2D eigenvalue weighted by molar-refractivity contribution is -0.123. The zero-order chi connectivity index (χ0) is 22.7.